The molecule has 0 bridgehead atoms. The van der Waals surface area contributed by atoms with Crippen LogP contribution in [0.2, 0.25) is 10.0 Å². The lowest BCUT2D eigenvalue weighted by Gasteiger charge is -2.18. The second kappa shape index (κ2) is 8.47. The maximum Gasteiger partial charge on any atom is 0.260 e. The van der Waals surface area contributed by atoms with Crippen LogP contribution in [0.5, 0.6) is 5.75 Å². The van der Waals surface area contributed by atoms with Crippen molar-refractivity contribution in [2.45, 2.75) is 39.4 Å². The summed E-state index contributed by atoms with van der Waals surface area (Å²) < 4.78 is 5.49. The van der Waals surface area contributed by atoms with Crippen LogP contribution in [0.25, 0.3) is 0 Å². The molecule has 1 aromatic rings. The zero-order chi connectivity index (χ0) is 16.0. The molecule has 0 saturated heterocycles. The highest BCUT2D eigenvalue weighted by Crippen LogP contribution is 2.28. The number of carbonyl (C=O) groups excluding carboxylic acids is 1. The van der Waals surface area contributed by atoms with E-state index in [2.05, 4.69) is 5.32 Å². The molecule has 0 fully saturated rings. The van der Waals surface area contributed by atoms with E-state index in [-0.39, 0.29) is 12.5 Å². The summed E-state index contributed by atoms with van der Waals surface area (Å²) in [5, 5.41) is 13.2. The molecule has 1 rings (SSSR count). The number of hydrogen-bond donors (Lipinski definition) is 2. The summed E-state index contributed by atoms with van der Waals surface area (Å²) in [4.78, 5) is 11.9. The van der Waals surface area contributed by atoms with E-state index in [1.165, 1.54) is 0 Å². The van der Waals surface area contributed by atoms with Crippen molar-refractivity contribution in [1.82, 2.24) is 5.32 Å². The van der Waals surface area contributed by atoms with Crippen molar-refractivity contribution in [2.75, 3.05) is 6.54 Å². The molecule has 21 heavy (non-hydrogen) atoms. The Hall–Kier alpha value is -0.970. The van der Waals surface area contributed by atoms with Gasteiger partial charge < -0.3 is 15.2 Å². The van der Waals surface area contributed by atoms with Gasteiger partial charge in [-0.2, -0.15) is 0 Å². The number of benzene rings is 1. The highest BCUT2D eigenvalue weighted by molar-refractivity contribution is 6.35. The molecule has 0 aliphatic heterocycles. The Balaban J connectivity index is 2.47. The number of halogens is 2. The van der Waals surface area contributed by atoms with E-state index in [1.807, 2.05) is 13.8 Å². The minimum atomic E-state index is -0.713. The summed E-state index contributed by atoms with van der Waals surface area (Å²) in [6.45, 7) is 5.85. The van der Waals surface area contributed by atoms with Crippen LogP contribution in [0.4, 0.5) is 0 Å². The summed E-state index contributed by atoms with van der Waals surface area (Å²) in [6, 6.07) is 4.80. The topological polar surface area (TPSA) is 58.6 Å². The van der Waals surface area contributed by atoms with Crippen LogP contribution >= 0.6 is 23.2 Å². The Morgan fingerprint density at radius 1 is 1.33 bits per heavy atom. The Kier molecular flexibility index (Phi) is 7.29. The van der Waals surface area contributed by atoms with Crippen molar-refractivity contribution in [1.29, 1.82) is 0 Å². The van der Waals surface area contributed by atoms with E-state index >= 15 is 0 Å². The van der Waals surface area contributed by atoms with Gasteiger partial charge in [-0.25, -0.2) is 0 Å². The third kappa shape index (κ3) is 6.55. The third-order valence-electron chi connectivity index (χ3n) is 2.82. The number of aliphatic hydroxyl groups excluding tert-OH is 1. The van der Waals surface area contributed by atoms with Crippen LogP contribution in [0.1, 0.15) is 27.2 Å². The standard InChI is InChI=1S/C15H21Cl2NO3/c1-9(2)6-12(19)8-18-15(20)10(3)21-14-5-4-11(16)7-13(14)17/h4-5,7,9-10,12,19H,6,8H2,1-3H3,(H,18,20). The summed E-state index contributed by atoms with van der Waals surface area (Å²) >= 11 is 11.8. The molecule has 2 N–H and O–H groups in total. The van der Waals surface area contributed by atoms with Gasteiger partial charge >= 0.3 is 0 Å². The first-order valence-electron chi connectivity index (χ1n) is 6.87. The molecule has 0 spiro atoms. The number of hydrogen-bond acceptors (Lipinski definition) is 3. The monoisotopic (exact) mass is 333 g/mol. The van der Waals surface area contributed by atoms with Crippen molar-refractivity contribution < 1.29 is 14.6 Å². The number of nitrogens with one attached hydrogen (secondary N) is 1. The fourth-order valence-electron chi connectivity index (χ4n) is 1.80. The first-order valence-corrected chi connectivity index (χ1v) is 7.62. The quantitative estimate of drug-likeness (QED) is 0.804. The van der Waals surface area contributed by atoms with Crippen LogP contribution < -0.4 is 10.1 Å². The molecule has 2 unspecified atom stereocenters. The molecule has 1 amide bonds. The van der Waals surface area contributed by atoms with E-state index in [9.17, 15) is 9.90 Å². The number of carbonyl (C=O) groups is 1. The van der Waals surface area contributed by atoms with Crippen LogP contribution in [0.3, 0.4) is 0 Å². The van der Waals surface area contributed by atoms with Gasteiger partial charge in [-0.3, -0.25) is 4.79 Å². The van der Waals surface area contributed by atoms with Crippen molar-refractivity contribution in [2.24, 2.45) is 5.92 Å². The van der Waals surface area contributed by atoms with Crippen LogP contribution in [0.15, 0.2) is 18.2 Å². The van der Waals surface area contributed by atoms with Gasteiger partial charge in [0.25, 0.3) is 5.91 Å². The van der Waals surface area contributed by atoms with E-state index < -0.39 is 12.2 Å². The van der Waals surface area contributed by atoms with Crippen LogP contribution in [-0.2, 0) is 4.79 Å². The van der Waals surface area contributed by atoms with E-state index in [4.69, 9.17) is 27.9 Å². The number of aliphatic hydroxyl groups is 1. The number of ether oxygens (including phenoxy) is 1. The van der Waals surface area contributed by atoms with Gasteiger partial charge in [-0.05, 0) is 37.5 Å². The summed E-state index contributed by atoms with van der Waals surface area (Å²) in [7, 11) is 0. The molecule has 0 radical (unpaired) electrons. The minimum absolute atomic E-state index is 0.207. The van der Waals surface area contributed by atoms with Crippen molar-refractivity contribution in [3.63, 3.8) is 0 Å². The van der Waals surface area contributed by atoms with Gasteiger partial charge in [0.1, 0.15) is 5.75 Å². The van der Waals surface area contributed by atoms with Crippen LogP contribution in [-0.4, -0.2) is 29.8 Å². The molecule has 4 nitrogen and oxygen atoms in total. The van der Waals surface area contributed by atoms with Gasteiger partial charge in [-0.1, -0.05) is 37.0 Å². The summed E-state index contributed by atoms with van der Waals surface area (Å²) in [6.07, 6.45) is -0.631. The van der Waals surface area contributed by atoms with Crippen molar-refractivity contribution in [3.05, 3.63) is 28.2 Å². The first-order chi connectivity index (χ1) is 9.79. The van der Waals surface area contributed by atoms with E-state index in [0.717, 1.165) is 0 Å². The molecule has 118 valence electrons. The molecular formula is C15H21Cl2NO3. The lowest BCUT2D eigenvalue weighted by atomic mass is 10.1. The van der Waals surface area contributed by atoms with Gasteiger partial charge in [0.15, 0.2) is 6.10 Å². The van der Waals surface area contributed by atoms with E-state index in [0.29, 0.717) is 28.1 Å². The van der Waals surface area contributed by atoms with Gasteiger partial charge in [0, 0.05) is 11.6 Å². The van der Waals surface area contributed by atoms with Crippen molar-refractivity contribution >= 4 is 29.1 Å². The van der Waals surface area contributed by atoms with E-state index in [1.54, 1.807) is 25.1 Å². The normalized spacial score (nSPS) is 13.9. The smallest absolute Gasteiger partial charge is 0.260 e. The fourth-order valence-corrected chi connectivity index (χ4v) is 2.26. The lowest BCUT2D eigenvalue weighted by molar-refractivity contribution is -0.127. The molecule has 0 aliphatic carbocycles. The average molecular weight is 334 g/mol. The fraction of sp³-hybridized carbons (Fsp3) is 0.533. The molecule has 0 saturated carbocycles. The second-order valence-corrected chi connectivity index (χ2v) is 6.21. The van der Waals surface area contributed by atoms with Gasteiger partial charge in [0.2, 0.25) is 0 Å². The average Bonchev–Trinajstić information content (AvgIpc) is 2.38. The predicted molar refractivity (Wildman–Crippen MR) is 85.0 cm³/mol. The van der Waals surface area contributed by atoms with Crippen molar-refractivity contribution in [3.8, 4) is 5.75 Å². The highest BCUT2D eigenvalue weighted by Gasteiger charge is 2.17. The Morgan fingerprint density at radius 3 is 2.57 bits per heavy atom. The van der Waals surface area contributed by atoms with Gasteiger partial charge in [-0.15, -0.1) is 0 Å². The Labute approximate surface area is 135 Å². The lowest BCUT2D eigenvalue weighted by Crippen LogP contribution is -2.40. The SMILES string of the molecule is CC(C)CC(O)CNC(=O)C(C)Oc1ccc(Cl)cc1Cl. The van der Waals surface area contributed by atoms with Crippen LogP contribution in [0, 0.1) is 5.92 Å². The number of rotatable bonds is 7. The zero-order valence-corrected chi connectivity index (χ0v) is 13.9. The zero-order valence-electron chi connectivity index (χ0n) is 12.4. The maximum atomic E-state index is 11.9. The molecule has 0 aliphatic rings. The Bertz CT molecular complexity index is 480. The van der Waals surface area contributed by atoms with Gasteiger partial charge in [0.05, 0.1) is 11.1 Å². The maximum absolute atomic E-state index is 11.9. The minimum Gasteiger partial charge on any atom is -0.479 e. The summed E-state index contributed by atoms with van der Waals surface area (Å²) in [5.74, 6) is 0.466. The molecular weight excluding hydrogens is 313 g/mol. The molecule has 1 aromatic carbocycles. The first kappa shape index (κ1) is 18.1. The molecule has 0 aromatic heterocycles. The second-order valence-electron chi connectivity index (χ2n) is 5.36. The Morgan fingerprint density at radius 2 is 2.00 bits per heavy atom. The molecule has 2 atom stereocenters. The third-order valence-corrected chi connectivity index (χ3v) is 3.35. The highest BCUT2D eigenvalue weighted by atomic mass is 35.5. The largest absolute Gasteiger partial charge is 0.479 e. The number of amides is 1. The predicted octanol–water partition coefficient (Wildman–Crippen LogP) is 3.28. The summed E-state index contributed by atoms with van der Waals surface area (Å²) in [5.41, 5.74) is 0. The molecule has 0 heterocycles. The molecule has 6 heteroatoms.